The molecule has 2 heterocycles. The van der Waals surface area contributed by atoms with Gasteiger partial charge in [-0.05, 0) is 0 Å². The van der Waals surface area contributed by atoms with Crippen LogP contribution in [-0.4, -0.2) is 39.4 Å². The Morgan fingerprint density at radius 1 is 1.29 bits per heavy atom. The zero-order valence-electron chi connectivity index (χ0n) is 13.1. The second kappa shape index (κ2) is 5.31. The molecule has 0 unspecified atom stereocenters. The highest BCUT2D eigenvalue weighted by Gasteiger charge is 2.24. The smallest absolute Gasteiger partial charge is 0.273 e. The van der Waals surface area contributed by atoms with Crippen molar-refractivity contribution in [3.05, 3.63) is 11.8 Å². The number of hydrogen-bond donors (Lipinski definition) is 1. The summed E-state index contributed by atoms with van der Waals surface area (Å²) < 4.78 is 1.64. The molecule has 0 atom stereocenters. The summed E-state index contributed by atoms with van der Waals surface area (Å²) in [7, 11) is 3.33. The summed E-state index contributed by atoms with van der Waals surface area (Å²) in [5.74, 6) is 0.243. The number of hydrazone groups is 1. The number of aromatic nitrogens is 2. The molecular formula is C14H21N5O2. The van der Waals surface area contributed by atoms with Crippen molar-refractivity contribution in [1.29, 1.82) is 0 Å². The Balaban J connectivity index is 2.15. The third-order valence-electron chi connectivity index (χ3n) is 3.36. The van der Waals surface area contributed by atoms with Crippen LogP contribution in [0.15, 0.2) is 11.2 Å². The van der Waals surface area contributed by atoms with E-state index in [-0.39, 0.29) is 17.2 Å². The summed E-state index contributed by atoms with van der Waals surface area (Å²) in [5, 5.41) is 12.4. The van der Waals surface area contributed by atoms with Gasteiger partial charge in [-0.3, -0.25) is 14.3 Å². The Hall–Kier alpha value is -2.18. The Labute approximate surface area is 124 Å². The van der Waals surface area contributed by atoms with Crippen LogP contribution in [0.1, 0.15) is 39.3 Å². The van der Waals surface area contributed by atoms with Crippen LogP contribution in [0.5, 0.6) is 0 Å². The van der Waals surface area contributed by atoms with E-state index in [2.05, 4.69) is 36.3 Å². The molecule has 1 aromatic heterocycles. The van der Waals surface area contributed by atoms with Crippen molar-refractivity contribution in [3.8, 4) is 0 Å². The van der Waals surface area contributed by atoms with Crippen LogP contribution in [0.3, 0.4) is 0 Å². The van der Waals surface area contributed by atoms with Crippen LogP contribution >= 0.6 is 0 Å². The Morgan fingerprint density at radius 3 is 2.48 bits per heavy atom. The highest BCUT2D eigenvalue weighted by Crippen LogP contribution is 2.23. The van der Waals surface area contributed by atoms with Crippen LogP contribution in [0, 0.1) is 0 Å². The summed E-state index contributed by atoms with van der Waals surface area (Å²) in [6.45, 7) is 6.19. The topological polar surface area (TPSA) is 79.6 Å². The number of amides is 2. The first-order valence-corrected chi connectivity index (χ1v) is 6.88. The lowest BCUT2D eigenvalue weighted by Gasteiger charge is -2.18. The highest BCUT2D eigenvalue weighted by molar-refractivity contribution is 6.43. The van der Waals surface area contributed by atoms with Gasteiger partial charge in [-0.2, -0.15) is 10.2 Å². The number of carbonyl (C=O) groups is 2. The second-order valence-corrected chi connectivity index (χ2v) is 6.21. The monoisotopic (exact) mass is 291 g/mol. The van der Waals surface area contributed by atoms with E-state index in [1.807, 2.05) is 6.07 Å². The zero-order chi connectivity index (χ0) is 15.8. The minimum Gasteiger partial charge on any atom is -0.306 e. The highest BCUT2D eigenvalue weighted by atomic mass is 16.2. The minimum atomic E-state index is -0.294. The van der Waals surface area contributed by atoms with Crippen molar-refractivity contribution >= 4 is 23.3 Å². The maximum absolute atomic E-state index is 12.2. The number of aryl methyl sites for hydroxylation is 1. The molecule has 7 heteroatoms. The fourth-order valence-corrected chi connectivity index (χ4v) is 1.97. The van der Waals surface area contributed by atoms with E-state index in [0.29, 0.717) is 24.4 Å². The van der Waals surface area contributed by atoms with Gasteiger partial charge in [0.15, 0.2) is 0 Å². The van der Waals surface area contributed by atoms with Crippen molar-refractivity contribution < 1.29 is 9.59 Å². The van der Waals surface area contributed by atoms with Gasteiger partial charge in [0.2, 0.25) is 5.91 Å². The summed E-state index contributed by atoms with van der Waals surface area (Å²) >= 11 is 0. The molecule has 2 amide bonds. The first-order chi connectivity index (χ1) is 9.68. The molecule has 0 bridgehead atoms. The molecule has 0 saturated heterocycles. The zero-order valence-corrected chi connectivity index (χ0v) is 13.1. The molecule has 0 spiro atoms. The quantitative estimate of drug-likeness (QED) is 0.891. The van der Waals surface area contributed by atoms with Crippen molar-refractivity contribution in [2.75, 3.05) is 12.4 Å². The normalized spacial score (nSPS) is 16.0. The molecule has 1 N–H and O–H groups in total. The van der Waals surface area contributed by atoms with Gasteiger partial charge in [-0.15, -0.1) is 0 Å². The van der Waals surface area contributed by atoms with E-state index in [1.165, 1.54) is 5.01 Å². The summed E-state index contributed by atoms with van der Waals surface area (Å²) in [6, 6.07) is 1.86. The van der Waals surface area contributed by atoms with Gasteiger partial charge < -0.3 is 5.32 Å². The third kappa shape index (κ3) is 3.29. The van der Waals surface area contributed by atoms with Gasteiger partial charge in [-0.25, -0.2) is 5.01 Å². The molecule has 1 aromatic rings. The summed E-state index contributed by atoms with van der Waals surface area (Å²) in [5.41, 5.74) is 1.17. The number of anilines is 1. The van der Waals surface area contributed by atoms with Crippen LogP contribution in [0.25, 0.3) is 0 Å². The SMILES string of the molecule is CN1N=C(C(=O)Nc2cc(C(C)(C)C)nn2C)CCC1=O. The standard InChI is InChI=1S/C14H21N5O2/c1-14(2,3)10-8-11(18(4)17-10)15-13(21)9-6-7-12(20)19(5)16-9/h8H,6-7H2,1-5H3,(H,15,21). The molecule has 21 heavy (non-hydrogen) atoms. The summed E-state index contributed by atoms with van der Waals surface area (Å²) in [4.78, 5) is 23.6. The lowest BCUT2D eigenvalue weighted by Crippen LogP contribution is -2.34. The number of nitrogens with zero attached hydrogens (tertiary/aromatic N) is 4. The van der Waals surface area contributed by atoms with Gasteiger partial charge >= 0.3 is 0 Å². The van der Waals surface area contributed by atoms with Gasteiger partial charge in [0, 0.05) is 38.4 Å². The van der Waals surface area contributed by atoms with Crippen LogP contribution in [0.4, 0.5) is 5.82 Å². The fourth-order valence-electron chi connectivity index (χ4n) is 1.97. The van der Waals surface area contributed by atoms with E-state index in [1.54, 1.807) is 18.8 Å². The van der Waals surface area contributed by atoms with Gasteiger partial charge in [0.1, 0.15) is 11.5 Å². The molecule has 114 valence electrons. The lowest BCUT2D eigenvalue weighted by molar-refractivity contribution is -0.130. The second-order valence-electron chi connectivity index (χ2n) is 6.21. The molecule has 1 aliphatic heterocycles. The molecular weight excluding hydrogens is 270 g/mol. The average Bonchev–Trinajstić information content (AvgIpc) is 2.74. The molecule has 1 aliphatic rings. The van der Waals surface area contributed by atoms with Crippen molar-refractivity contribution in [2.24, 2.45) is 12.1 Å². The van der Waals surface area contributed by atoms with Gasteiger partial charge in [0.05, 0.1) is 5.69 Å². The van der Waals surface area contributed by atoms with E-state index in [4.69, 9.17) is 0 Å². The maximum Gasteiger partial charge on any atom is 0.273 e. The van der Waals surface area contributed by atoms with Crippen LogP contribution in [-0.2, 0) is 22.1 Å². The van der Waals surface area contributed by atoms with Crippen molar-refractivity contribution in [3.63, 3.8) is 0 Å². The van der Waals surface area contributed by atoms with E-state index in [0.717, 1.165) is 5.69 Å². The summed E-state index contributed by atoms with van der Waals surface area (Å²) in [6.07, 6.45) is 0.667. The lowest BCUT2D eigenvalue weighted by atomic mass is 9.92. The molecule has 7 nitrogen and oxygen atoms in total. The predicted octanol–water partition coefficient (Wildman–Crippen LogP) is 1.26. The van der Waals surface area contributed by atoms with Gasteiger partial charge in [0.25, 0.3) is 5.91 Å². The average molecular weight is 291 g/mol. The molecule has 0 saturated carbocycles. The number of hydrogen-bond acceptors (Lipinski definition) is 4. The minimum absolute atomic E-state index is 0.0814. The van der Waals surface area contributed by atoms with Crippen molar-refractivity contribution in [1.82, 2.24) is 14.8 Å². The predicted molar refractivity (Wildman–Crippen MR) is 80.0 cm³/mol. The van der Waals surface area contributed by atoms with Crippen molar-refractivity contribution in [2.45, 2.75) is 39.0 Å². The largest absolute Gasteiger partial charge is 0.306 e. The number of nitrogens with one attached hydrogen (secondary N) is 1. The molecule has 0 aromatic carbocycles. The third-order valence-corrected chi connectivity index (χ3v) is 3.36. The molecule has 0 fully saturated rings. The first-order valence-electron chi connectivity index (χ1n) is 6.88. The first kappa shape index (κ1) is 15.2. The van der Waals surface area contributed by atoms with Gasteiger partial charge in [-0.1, -0.05) is 20.8 Å². The van der Waals surface area contributed by atoms with E-state index < -0.39 is 0 Å². The molecule has 0 aliphatic carbocycles. The number of carbonyl (C=O) groups excluding carboxylic acids is 2. The van der Waals surface area contributed by atoms with E-state index >= 15 is 0 Å². The number of rotatable bonds is 2. The molecule has 2 rings (SSSR count). The Kier molecular flexibility index (Phi) is 3.85. The molecule has 0 radical (unpaired) electrons. The fraction of sp³-hybridized carbons (Fsp3) is 0.571. The van der Waals surface area contributed by atoms with Crippen LogP contribution < -0.4 is 5.32 Å². The Morgan fingerprint density at radius 2 is 1.95 bits per heavy atom. The maximum atomic E-state index is 12.2. The Bertz CT molecular complexity index is 609. The van der Waals surface area contributed by atoms with E-state index in [9.17, 15) is 9.59 Å². The van der Waals surface area contributed by atoms with Crippen LogP contribution in [0.2, 0.25) is 0 Å².